The number of aromatic nitrogens is 3. The van der Waals surface area contributed by atoms with Crippen LogP contribution in [0.25, 0.3) is 22.8 Å². The number of hydrogen-bond donors (Lipinski definition) is 3. The number of nitrogens with zero attached hydrogens (tertiary/aromatic N) is 2. The Morgan fingerprint density at radius 3 is 2.66 bits per heavy atom. The van der Waals surface area contributed by atoms with E-state index in [1.807, 2.05) is 12.1 Å². The van der Waals surface area contributed by atoms with E-state index in [0.29, 0.717) is 46.2 Å². The van der Waals surface area contributed by atoms with Crippen LogP contribution in [-0.2, 0) is 16.0 Å². The van der Waals surface area contributed by atoms with Crippen molar-refractivity contribution >= 4 is 23.5 Å². The van der Waals surface area contributed by atoms with Crippen molar-refractivity contribution < 1.29 is 23.9 Å². The van der Waals surface area contributed by atoms with Gasteiger partial charge in [0, 0.05) is 30.5 Å². The van der Waals surface area contributed by atoms with Crippen molar-refractivity contribution in [3.63, 3.8) is 0 Å². The van der Waals surface area contributed by atoms with E-state index in [0.717, 1.165) is 17.8 Å². The van der Waals surface area contributed by atoms with E-state index in [1.165, 1.54) is 0 Å². The maximum absolute atomic E-state index is 12.5. The molecule has 0 unspecified atom stereocenters. The van der Waals surface area contributed by atoms with Gasteiger partial charge in [-0.05, 0) is 55.5 Å². The number of carbonyl (C=O) groups is 3. The van der Waals surface area contributed by atoms with Gasteiger partial charge in [0.05, 0.1) is 34.7 Å². The Morgan fingerprint density at radius 2 is 1.87 bits per heavy atom. The molecule has 2 amide bonds. The largest absolute Gasteiger partial charge is 0.483 e. The molecule has 2 aromatic heterocycles. The van der Waals surface area contributed by atoms with Crippen molar-refractivity contribution in [2.45, 2.75) is 13.3 Å². The van der Waals surface area contributed by atoms with Gasteiger partial charge in [-0.1, -0.05) is 12.1 Å². The van der Waals surface area contributed by atoms with Gasteiger partial charge in [-0.2, -0.15) is 0 Å². The zero-order valence-electron chi connectivity index (χ0n) is 20.6. The van der Waals surface area contributed by atoms with Crippen LogP contribution in [0, 0.1) is 0 Å². The highest BCUT2D eigenvalue weighted by Gasteiger charge is 2.21. The first kappa shape index (κ1) is 24.7. The van der Waals surface area contributed by atoms with Crippen molar-refractivity contribution in [1.82, 2.24) is 20.3 Å². The Morgan fingerprint density at radius 1 is 1.05 bits per heavy atom. The number of aromatic amines is 1. The number of esters is 1. The summed E-state index contributed by atoms with van der Waals surface area (Å²) in [6, 6.07) is 17.2. The molecule has 1 aliphatic rings. The van der Waals surface area contributed by atoms with E-state index in [-0.39, 0.29) is 25.0 Å². The zero-order valence-corrected chi connectivity index (χ0v) is 20.6. The lowest BCUT2D eigenvalue weighted by Crippen LogP contribution is -2.31. The van der Waals surface area contributed by atoms with Crippen LogP contribution in [0.1, 0.15) is 33.3 Å². The van der Waals surface area contributed by atoms with Gasteiger partial charge < -0.3 is 25.1 Å². The zero-order chi connectivity index (χ0) is 26.5. The Balaban J connectivity index is 1.28. The Hall–Kier alpha value is -4.99. The van der Waals surface area contributed by atoms with Gasteiger partial charge in [-0.15, -0.1) is 0 Å². The lowest BCUT2D eigenvalue weighted by Gasteiger charge is -2.12. The number of fused-ring (bicyclic) bond motifs is 1. The van der Waals surface area contributed by atoms with Crippen LogP contribution in [0.15, 0.2) is 66.9 Å². The summed E-state index contributed by atoms with van der Waals surface area (Å²) >= 11 is 0. The number of nitrogens with one attached hydrogen (secondary N) is 3. The molecule has 3 heterocycles. The molecule has 0 atom stereocenters. The topological polar surface area (TPSA) is 135 Å². The van der Waals surface area contributed by atoms with Crippen molar-refractivity contribution in [1.29, 1.82) is 0 Å². The SMILES string of the molecule is CCOC(=O)c1ccc(NC(=O)COc2ccccc2-c2nccc(-c3cc4c([nH]3)CCNC4=O)n2)cc1. The van der Waals surface area contributed by atoms with Gasteiger partial charge in [0.1, 0.15) is 5.75 Å². The molecule has 3 N–H and O–H groups in total. The molecule has 5 rings (SSSR count). The number of benzene rings is 2. The van der Waals surface area contributed by atoms with Crippen LogP contribution in [0.5, 0.6) is 5.75 Å². The van der Waals surface area contributed by atoms with E-state index in [1.54, 1.807) is 61.7 Å². The molecular weight excluding hydrogens is 486 g/mol. The summed E-state index contributed by atoms with van der Waals surface area (Å²) in [4.78, 5) is 48.8. The minimum atomic E-state index is -0.419. The summed E-state index contributed by atoms with van der Waals surface area (Å²) in [5, 5.41) is 5.58. The second-order valence-electron chi connectivity index (χ2n) is 8.48. The summed E-state index contributed by atoms with van der Waals surface area (Å²) in [5.74, 6) is -0.0192. The molecule has 192 valence electrons. The van der Waals surface area contributed by atoms with Crippen molar-refractivity contribution in [2.75, 3.05) is 25.1 Å². The number of H-pyrrole nitrogens is 1. The predicted molar refractivity (Wildman–Crippen MR) is 140 cm³/mol. The second kappa shape index (κ2) is 11.0. The molecule has 38 heavy (non-hydrogen) atoms. The predicted octanol–water partition coefficient (Wildman–Crippen LogP) is 3.62. The number of amides is 2. The number of para-hydroxylation sites is 1. The monoisotopic (exact) mass is 511 g/mol. The molecule has 0 fully saturated rings. The number of hydrogen-bond acceptors (Lipinski definition) is 7. The summed E-state index contributed by atoms with van der Waals surface area (Å²) in [6.07, 6.45) is 2.37. The maximum atomic E-state index is 12.5. The van der Waals surface area contributed by atoms with Gasteiger partial charge in [-0.25, -0.2) is 14.8 Å². The Bertz CT molecular complexity index is 1500. The molecule has 10 nitrogen and oxygen atoms in total. The molecule has 0 aliphatic carbocycles. The minimum absolute atomic E-state index is 0.102. The second-order valence-corrected chi connectivity index (χ2v) is 8.48. The Kier molecular flexibility index (Phi) is 7.12. The number of anilines is 1. The van der Waals surface area contributed by atoms with Crippen LogP contribution in [0.4, 0.5) is 5.69 Å². The first-order chi connectivity index (χ1) is 18.5. The quantitative estimate of drug-likeness (QED) is 0.308. The highest BCUT2D eigenvalue weighted by molar-refractivity contribution is 5.97. The van der Waals surface area contributed by atoms with E-state index >= 15 is 0 Å². The summed E-state index contributed by atoms with van der Waals surface area (Å²) < 4.78 is 10.8. The van der Waals surface area contributed by atoms with Gasteiger partial charge in [-0.3, -0.25) is 9.59 Å². The molecule has 0 spiro atoms. The molecule has 10 heteroatoms. The van der Waals surface area contributed by atoms with E-state index in [4.69, 9.17) is 9.47 Å². The standard InChI is InChI=1S/C28H25N5O5/c1-2-37-28(36)17-7-9-18(10-8-17)31-25(34)16-38-24-6-4-3-5-19(24)26-29-13-12-22(33-26)23-15-20-21(32-23)11-14-30-27(20)35/h3-10,12-13,15,32H,2,11,14,16H2,1H3,(H,30,35)(H,31,34). The van der Waals surface area contributed by atoms with E-state index in [9.17, 15) is 14.4 Å². The van der Waals surface area contributed by atoms with Gasteiger partial charge in [0.25, 0.3) is 11.8 Å². The fourth-order valence-electron chi connectivity index (χ4n) is 4.09. The average molecular weight is 512 g/mol. The van der Waals surface area contributed by atoms with Crippen molar-refractivity contribution in [3.8, 4) is 28.5 Å². The molecule has 0 saturated heterocycles. The first-order valence-corrected chi connectivity index (χ1v) is 12.1. The fraction of sp³-hybridized carbons (Fsp3) is 0.179. The fourth-order valence-corrected chi connectivity index (χ4v) is 4.09. The normalized spacial score (nSPS) is 12.3. The summed E-state index contributed by atoms with van der Waals surface area (Å²) in [7, 11) is 0. The highest BCUT2D eigenvalue weighted by Crippen LogP contribution is 2.29. The van der Waals surface area contributed by atoms with Crippen LogP contribution >= 0.6 is 0 Å². The molecule has 2 aromatic carbocycles. The van der Waals surface area contributed by atoms with Crippen LogP contribution in [0.3, 0.4) is 0 Å². The third-order valence-corrected chi connectivity index (χ3v) is 5.90. The number of rotatable bonds is 8. The van der Waals surface area contributed by atoms with Crippen LogP contribution in [0.2, 0.25) is 0 Å². The molecule has 0 saturated carbocycles. The third kappa shape index (κ3) is 5.39. The Labute approximate surface area is 218 Å². The molecule has 1 aliphatic heterocycles. The van der Waals surface area contributed by atoms with Crippen molar-refractivity contribution in [3.05, 3.63) is 83.7 Å². The van der Waals surface area contributed by atoms with Gasteiger partial charge in [0.2, 0.25) is 0 Å². The van der Waals surface area contributed by atoms with Gasteiger partial charge in [0.15, 0.2) is 12.4 Å². The van der Waals surface area contributed by atoms with Crippen molar-refractivity contribution in [2.24, 2.45) is 0 Å². The lowest BCUT2D eigenvalue weighted by molar-refractivity contribution is -0.118. The number of carbonyl (C=O) groups excluding carboxylic acids is 3. The minimum Gasteiger partial charge on any atom is -0.483 e. The summed E-state index contributed by atoms with van der Waals surface area (Å²) in [6.45, 7) is 2.38. The van der Waals surface area contributed by atoms with E-state index in [2.05, 4.69) is 25.6 Å². The smallest absolute Gasteiger partial charge is 0.338 e. The molecule has 0 radical (unpaired) electrons. The van der Waals surface area contributed by atoms with Gasteiger partial charge >= 0.3 is 5.97 Å². The van der Waals surface area contributed by atoms with E-state index < -0.39 is 5.97 Å². The lowest BCUT2D eigenvalue weighted by atomic mass is 10.1. The van der Waals surface area contributed by atoms with Crippen LogP contribution < -0.4 is 15.4 Å². The molecule has 0 bridgehead atoms. The molecular formula is C28H25N5O5. The third-order valence-electron chi connectivity index (χ3n) is 5.90. The molecule has 4 aromatic rings. The number of ether oxygens (including phenoxy) is 2. The maximum Gasteiger partial charge on any atom is 0.338 e. The summed E-state index contributed by atoms with van der Waals surface area (Å²) in [5.41, 5.74) is 4.41. The first-order valence-electron chi connectivity index (χ1n) is 12.1. The average Bonchev–Trinajstić information content (AvgIpc) is 3.39. The van der Waals surface area contributed by atoms with Crippen LogP contribution in [-0.4, -0.2) is 52.5 Å². The highest BCUT2D eigenvalue weighted by atomic mass is 16.5.